The lowest BCUT2D eigenvalue weighted by molar-refractivity contribution is -0.141. The third-order valence-corrected chi connectivity index (χ3v) is 11.2. The van der Waals surface area contributed by atoms with Crippen LogP contribution in [0.3, 0.4) is 0 Å². The molecule has 2 aromatic carbocycles. The highest BCUT2D eigenvalue weighted by atomic mass is 35.5. The summed E-state index contributed by atoms with van der Waals surface area (Å²) in [4.78, 5) is 74.0. The van der Waals surface area contributed by atoms with Crippen molar-refractivity contribution in [3.8, 4) is 0 Å². The number of morpholine rings is 1. The lowest BCUT2D eigenvalue weighted by Crippen LogP contribution is -2.50. The molecular weight excluding hydrogens is 672 g/mol. The van der Waals surface area contributed by atoms with Gasteiger partial charge in [-0.2, -0.15) is 0 Å². The van der Waals surface area contributed by atoms with Crippen molar-refractivity contribution in [1.82, 2.24) is 19.6 Å². The minimum Gasteiger partial charge on any atom is -0.378 e. The third-order valence-electron chi connectivity index (χ3n) is 10.9. The molecule has 4 aliphatic rings. The molecule has 0 spiro atoms. The molecule has 2 N–H and O–H groups in total. The number of hydrogen-bond donors (Lipinski definition) is 2. The Morgan fingerprint density at radius 1 is 0.784 bits per heavy atom. The van der Waals surface area contributed by atoms with E-state index in [1.807, 2.05) is 11.8 Å². The van der Waals surface area contributed by atoms with Gasteiger partial charge in [-0.1, -0.05) is 24.6 Å². The number of halogens is 1. The predicted molar refractivity (Wildman–Crippen MR) is 195 cm³/mol. The molecule has 13 heteroatoms. The standard InChI is InChI=1S/C38H49ClN6O6/c1-25-10-15-43(16-11-25)38(50)31-24-30(8-9-32(31)39)40-34(46)26(2)42-17-12-27(13-18-42)37(49)45-14-4-7-33(45)35(47)41-29-6-3-5-28(23-29)36(48)44-19-21-51-22-20-44/h3,5-6,8-9,23-27,33H,4,7,10-22H2,1-2H3,(H,40,46)(H,41,47). The number of nitrogens with zero attached hydrogens (tertiary/aromatic N) is 4. The number of amides is 5. The Balaban J connectivity index is 0.996. The first kappa shape index (κ1) is 36.8. The van der Waals surface area contributed by atoms with Gasteiger partial charge in [0.2, 0.25) is 17.7 Å². The van der Waals surface area contributed by atoms with Crippen LogP contribution in [0.2, 0.25) is 5.02 Å². The zero-order chi connectivity index (χ0) is 36.1. The summed E-state index contributed by atoms with van der Waals surface area (Å²) in [6.45, 7) is 9.17. The lowest BCUT2D eigenvalue weighted by Gasteiger charge is -2.37. The number of rotatable bonds is 8. The molecular formula is C38H49ClN6O6. The first-order valence-electron chi connectivity index (χ1n) is 18.3. The van der Waals surface area contributed by atoms with Crippen molar-refractivity contribution in [2.75, 3.05) is 69.7 Å². The molecule has 51 heavy (non-hydrogen) atoms. The molecule has 4 heterocycles. The zero-order valence-electron chi connectivity index (χ0n) is 29.6. The SMILES string of the molecule is CC1CCN(C(=O)c2cc(NC(=O)C(C)N3CCC(C(=O)N4CCCC4C(=O)Nc4cccc(C(=O)N5CCOCC5)c4)CC3)ccc2Cl)CC1. The Hall–Kier alpha value is -4.00. The number of likely N-dealkylation sites (tertiary alicyclic amines) is 3. The average Bonchev–Trinajstić information content (AvgIpc) is 3.66. The molecule has 4 saturated heterocycles. The van der Waals surface area contributed by atoms with Gasteiger partial charge in [-0.25, -0.2) is 0 Å². The Morgan fingerprint density at radius 2 is 1.47 bits per heavy atom. The van der Waals surface area contributed by atoms with Crippen molar-refractivity contribution in [3.05, 3.63) is 58.6 Å². The van der Waals surface area contributed by atoms with Crippen molar-refractivity contribution in [3.63, 3.8) is 0 Å². The number of carbonyl (C=O) groups is 5. The van der Waals surface area contributed by atoms with Gasteiger partial charge in [0.05, 0.1) is 29.8 Å². The second-order valence-corrected chi connectivity index (χ2v) is 14.7. The summed E-state index contributed by atoms with van der Waals surface area (Å²) in [7, 11) is 0. The van der Waals surface area contributed by atoms with Crippen LogP contribution >= 0.6 is 11.6 Å². The molecule has 5 amide bonds. The van der Waals surface area contributed by atoms with E-state index in [4.69, 9.17) is 16.3 Å². The molecule has 0 bridgehead atoms. The van der Waals surface area contributed by atoms with E-state index in [9.17, 15) is 24.0 Å². The third kappa shape index (κ3) is 8.73. The summed E-state index contributed by atoms with van der Waals surface area (Å²) in [5.74, 6) is -0.330. The van der Waals surface area contributed by atoms with Gasteiger partial charge in [0.25, 0.3) is 11.8 Å². The van der Waals surface area contributed by atoms with Crippen LogP contribution in [0.15, 0.2) is 42.5 Å². The Bertz CT molecular complexity index is 1620. The maximum absolute atomic E-state index is 13.7. The largest absolute Gasteiger partial charge is 0.378 e. The highest BCUT2D eigenvalue weighted by molar-refractivity contribution is 6.34. The van der Waals surface area contributed by atoms with E-state index in [1.54, 1.807) is 52.3 Å². The highest BCUT2D eigenvalue weighted by Gasteiger charge is 2.39. The summed E-state index contributed by atoms with van der Waals surface area (Å²) in [5.41, 5.74) is 1.93. The fourth-order valence-electron chi connectivity index (χ4n) is 7.54. The van der Waals surface area contributed by atoms with E-state index in [0.717, 1.165) is 19.3 Å². The van der Waals surface area contributed by atoms with Gasteiger partial charge >= 0.3 is 0 Å². The van der Waals surface area contributed by atoms with E-state index in [1.165, 1.54) is 0 Å². The number of hydrogen-bond acceptors (Lipinski definition) is 7. The smallest absolute Gasteiger partial charge is 0.255 e. The second kappa shape index (κ2) is 16.6. The topological polar surface area (TPSA) is 132 Å². The molecule has 12 nitrogen and oxygen atoms in total. The number of piperidine rings is 2. The monoisotopic (exact) mass is 720 g/mol. The molecule has 4 fully saturated rings. The predicted octanol–water partition coefficient (Wildman–Crippen LogP) is 4.35. The van der Waals surface area contributed by atoms with Gasteiger partial charge in [0.15, 0.2) is 0 Å². The normalized spacial score (nSPS) is 21.3. The molecule has 274 valence electrons. The summed E-state index contributed by atoms with van der Waals surface area (Å²) in [6.07, 6.45) is 4.41. The minimum absolute atomic E-state index is 0.0258. The Morgan fingerprint density at radius 3 is 2.20 bits per heavy atom. The Kier molecular flexibility index (Phi) is 11.9. The van der Waals surface area contributed by atoms with E-state index in [-0.39, 0.29) is 35.5 Å². The summed E-state index contributed by atoms with van der Waals surface area (Å²) in [6, 6.07) is 10.9. The van der Waals surface area contributed by atoms with Crippen molar-refractivity contribution in [2.45, 2.75) is 64.5 Å². The van der Waals surface area contributed by atoms with E-state index < -0.39 is 12.1 Å². The molecule has 0 aromatic heterocycles. The van der Waals surface area contributed by atoms with Crippen LogP contribution in [0.25, 0.3) is 0 Å². The number of carbonyl (C=O) groups excluding carboxylic acids is 5. The van der Waals surface area contributed by atoms with Crippen LogP contribution in [-0.4, -0.2) is 120 Å². The molecule has 6 rings (SSSR count). The Labute approximate surface area is 304 Å². The summed E-state index contributed by atoms with van der Waals surface area (Å²) in [5, 5.41) is 6.27. The highest BCUT2D eigenvalue weighted by Crippen LogP contribution is 2.29. The van der Waals surface area contributed by atoms with Crippen molar-refractivity contribution in [1.29, 1.82) is 0 Å². The van der Waals surface area contributed by atoms with Gasteiger partial charge in [-0.05, 0) is 101 Å². The fraction of sp³-hybridized carbons (Fsp3) is 0.553. The number of ether oxygens (including phenoxy) is 1. The van der Waals surface area contributed by atoms with Gasteiger partial charge < -0.3 is 30.1 Å². The van der Waals surface area contributed by atoms with Gasteiger partial charge in [0, 0.05) is 55.6 Å². The zero-order valence-corrected chi connectivity index (χ0v) is 30.3. The maximum Gasteiger partial charge on any atom is 0.255 e. The summed E-state index contributed by atoms with van der Waals surface area (Å²) < 4.78 is 5.35. The van der Waals surface area contributed by atoms with Gasteiger partial charge in [-0.15, -0.1) is 0 Å². The molecule has 2 atom stereocenters. The fourth-order valence-corrected chi connectivity index (χ4v) is 7.74. The lowest BCUT2D eigenvalue weighted by atomic mass is 9.94. The van der Waals surface area contributed by atoms with E-state index in [0.29, 0.717) is 112 Å². The molecule has 4 aliphatic heterocycles. The summed E-state index contributed by atoms with van der Waals surface area (Å²) >= 11 is 6.41. The number of nitrogens with one attached hydrogen (secondary N) is 2. The molecule has 2 unspecified atom stereocenters. The molecule has 0 radical (unpaired) electrons. The average molecular weight is 721 g/mol. The maximum atomic E-state index is 13.7. The van der Waals surface area contributed by atoms with Crippen molar-refractivity contribution >= 4 is 52.5 Å². The van der Waals surface area contributed by atoms with E-state index >= 15 is 0 Å². The minimum atomic E-state index is -0.576. The van der Waals surface area contributed by atoms with E-state index in [2.05, 4.69) is 22.5 Å². The molecule has 0 aliphatic carbocycles. The number of anilines is 2. The molecule has 0 saturated carbocycles. The number of benzene rings is 2. The van der Waals surface area contributed by atoms with Crippen molar-refractivity contribution in [2.24, 2.45) is 11.8 Å². The van der Waals surface area contributed by atoms with Crippen LogP contribution in [0, 0.1) is 11.8 Å². The molecule has 2 aromatic rings. The first-order valence-corrected chi connectivity index (χ1v) is 18.7. The second-order valence-electron chi connectivity index (χ2n) is 14.3. The van der Waals surface area contributed by atoms with Crippen LogP contribution in [0.5, 0.6) is 0 Å². The van der Waals surface area contributed by atoms with Gasteiger partial charge in [-0.3, -0.25) is 28.9 Å². The quantitative estimate of drug-likeness (QED) is 0.415. The van der Waals surface area contributed by atoms with Crippen molar-refractivity contribution < 1.29 is 28.7 Å². The van der Waals surface area contributed by atoms with Crippen LogP contribution < -0.4 is 10.6 Å². The van der Waals surface area contributed by atoms with Crippen LogP contribution in [0.4, 0.5) is 11.4 Å². The van der Waals surface area contributed by atoms with Crippen LogP contribution in [0.1, 0.15) is 73.1 Å². The van der Waals surface area contributed by atoms with Gasteiger partial charge in [0.1, 0.15) is 6.04 Å². The first-order chi connectivity index (χ1) is 24.6. The van der Waals surface area contributed by atoms with Crippen LogP contribution in [-0.2, 0) is 19.1 Å².